The van der Waals surface area contributed by atoms with Gasteiger partial charge in [0.15, 0.2) is 0 Å². The van der Waals surface area contributed by atoms with Gasteiger partial charge >= 0.3 is 0 Å². The summed E-state index contributed by atoms with van der Waals surface area (Å²) in [6, 6.07) is 0. The Bertz CT molecular complexity index is 159. The van der Waals surface area contributed by atoms with Crippen molar-refractivity contribution in [3.05, 3.63) is 0 Å². The topological polar surface area (TPSA) is 40.5 Å². The van der Waals surface area contributed by atoms with Gasteiger partial charge in [0.05, 0.1) is 12.2 Å². The van der Waals surface area contributed by atoms with E-state index in [0.29, 0.717) is 0 Å². The maximum Gasteiger partial charge on any atom is 0.0541 e. The zero-order chi connectivity index (χ0) is 13.6. The van der Waals surface area contributed by atoms with Crippen LogP contribution >= 0.6 is 0 Å². The van der Waals surface area contributed by atoms with Crippen LogP contribution in [-0.2, 0) is 0 Å². The van der Waals surface area contributed by atoms with Gasteiger partial charge in [-0.25, -0.2) is 0 Å². The lowest BCUT2D eigenvalue weighted by atomic mass is 10.0. The van der Waals surface area contributed by atoms with E-state index in [4.69, 9.17) is 0 Å². The molecule has 110 valence electrons. The summed E-state index contributed by atoms with van der Waals surface area (Å²) < 4.78 is 0. The van der Waals surface area contributed by atoms with Crippen LogP contribution in [0.2, 0.25) is 0 Å². The maximum absolute atomic E-state index is 9.82. The Balaban J connectivity index is 3.28. The van der Waals surface area contributed by atoms with Crippen LogP contribution in [0.5, 0.6) is 0 Å². The van der Waals surface area contributed by atoms with Gasteiger partial charge in [-0.05, 0) is 25.7 Å². The molecule has 2 atom stereocenters. The highest BCUT2D eigenvalue weighted by atomic mass is 16.3. The molecule has 18 heavy (non-hydrogen) atoms. The smallest absolute Gasteiger partial charge is 0.0541 e. The average Bonchev–Trinajstić information content (AvgIpc) is 2.38. The van der Waals surface area contributed by atoms with Gasteiger partial charge in [0.25, 0.3) is 0 Å². The number of hydrogen-bond acceptors (Lipinski definition) is 2. The van der Waals surface area contributed by atoms with Crippen LogP contribution in [0.3, 0.4) is 0 Å². The highest BCUT2D eigenvalue weighted by Crippen LogP contribution is 2.14. The Morgan fingerprint density at radius 2 is 1.00 bits per heavy atom. The lowest BCUT2D eigenvalue weighted by molar-refractivity contribution is 0.101. The Kier molecular flexibility index (Phi) is 13.3. The normalized spacial score (nSPS) is 14.7. The molecule has 0 aromatic heterocycles. The predicted molar refractivity (Wildman–Crippen MR) is 78.8 cm³/mol. The average molecular weight is 258 g/mol. The third-order valence-electron chi connectivity index (χ3n) is 3.61. The van der Waals surface area contributed by atoms with Crippen LogP contribution in [0, 0.1) is 0 Å². The molecule has 2 unspecified atom stereocenters. The van der Waals surface area contributed by atoms with Crippen molar-refractivity contribution in [3.8, 4) is 0 Å². The minimum absolute atomic E-state index is 0.201. The summed E-state index contributed by atoms with van der Waals surface area (Å²) in [6.45, 7) is 4.37. The van der Waals surface area contributed by atoms with E-state index >= 15 is 0 Å². The van der Waals surface area contributed by atoms with Crippen molar-refractivity contribution in [1.82, 2.24) is 0 Å². The highest BCUT2D eigenvalue weighted by molar-refractivity contribution is 4.62. The van der Waals surface area contributed by atoms with Crippen molar-refractivity contribution in [1.29, 1.82) is 0 Å². The molecule has 0 saturated carbocycles. The van der Waals surface area contributed by atoms with Gasteiger partial charge in [-0.3, -0.25) is 0 Å². The van der Waals surface area contributed by atoms with Crippen LogP contribution in [0.4, 0.5) is 0 Å². The molecule has 2 nitrogen and oxygen atoms in total. The first-order valence-electron chi connectivity index (χ1n) is 8.06. The molecule has 0 fully saturated rings. The molecule has 0 heterocycles. The van der Waals surface area contributed by atoms with Crippen molar-refractivity contribution < 1.29 is 10.2 Å². The van der Waals surface area contributed by atoms with Crippen molar-refractivity contribution in [2.24, 2.45) is 0 Å². The fraction of sp³-hybridized carbons (Fsp3) is 1.00. The Hall–Kier alpha value is -0.0800. The first kappa shape index (κ1) is 17.9. The molecule has 0 saturated heterocycles. The molecule has 0 radical (unpaired) electrons. The summed E-state index contributed by atoms with van der Waals surface area (Å²) in [5.74, 6) is 0. The van der Waals surface area contributed by atoms with Crippen molar-refractivity contribution in [2.75, 3.05) is 0 Å². The Morgan fingerprint density at radius 3 is 1.56 bits per heavy atom. The first-order valence-corrected chi connectivity index (χ1v) is 8.06. The summed E-state index contributed by atoms with van der Waals surface area (Å²) >= 11 is 0. The molecule has 0 aromatic rings. The fourth-order valence-electron chi connectivity index (χ4n) is 2.27. The number of rotatable bonds is 13. The summed E-state index contributed by atoms with van der Waals surface area (Å²) in [4.78, 5) is 0. The minimum atomic E-state index is -0.204. The SMILES string of the molecule is CCCCCCCCC(O)CCC(O)CCCC. The molecule has 0 bridgehead atoms. The number of aliphatic hydroxyl groups excluding tert-OH is 2. The number of hydrogen-bond donors (Lipinski definition) is 2. The highest BCUT2D eigenvalue weighted by Gasteiger charge is 2.08. The van der Waals surface area contributed by atoms with Crippen LogP contribution in [0.25, 0.3) is 0 Å². The predicted octanol–water partition coefficient (Wildman–Crippen LogP) is 4.43. The van der Waals surface area contributed by atoms with Crippen LogP contribution in [-0.4, -0.2) is 22.4 Å². The molecular formula is C16H34O2. The van der Waals surface area contributed by atoms with Gasteiger partial charge in [0, 0.05) is 0 Å². The van der Waals surface area contributed by atoms with Gasteiger partial charge in [-0.1, -0.05) is 65.2 Å². The third kappa shape index (κ3) is 12.4. The first-order chi connectivity index (χ1) is 8.70. The molecule has 0 aliphatic carbocycles. The molecule has 0 rings (SSSR count). The van der Waals surface area contributed by atoms with E-state index < -0.39 is 0 Å². The molecule has 0 amide bonds. The molecule has 2 N–H and O–H groups in total. The largest absolute Gasteiger partial charge is 0.393 e. The van der Waals surface area contributed by atoms with Gasteiger partial charge in [0.1, 0.15) is 0 Å². The molecule has 0 aliphatic heterocycles. The second-order valence-corrected chi connectivity index (χ2v) is 5.58. The van der Waals surface area contributed by atoms with Gasteiger partial charge in [0.2, 0.25) is 0 Å². The van der Waals surface area contributed by atoms with Gasteiger partial charge in [-0.2, -0.15) is 0 Å². The quantitative estimate of drug-likeness (QED) is 0.480. The second-order valence-electron chi connectivity index (χ2n) is 5.58. The minimum Gasteiger partial charge on any atom is -0.393 e. The van der Waals surface area contributed by atoms with E-state index in [0.717, 1.165) is 44.9 Å². The Morgan fingerprint density at radius 1 is 0.556 bits per heavy atom. The summed E-state index contributed by atoms with van der Waals surface area (Å²) in [5, 5.41) is 19.5. The summed E-state index contributed by atoms with van der Waals surface area (Å²) in [5.41, 5.74) is 0. The fourth-order valence-corrected chi connectivity index (χ4v) is 2.27. The van der Waals surface area contributed by atoms with Gasteiger partial charge in [-0.15, -0.1) is 0 Å². The number of unbranched alkanes of at least 4 members (excludes halogenated alkanes) is 6. The molecule has 0 spiro atoms. The summed E-state index contributed by atoms with van der Waals surface area (Å²) in [7, 11) is 0. The lowest BCUT2D eigenvalue weighted by Gasteiger charge is -2.14. The molecule has 0 aliphatic rings. The lowest BCUT2D eigenvalue weighted by Crippen LogP contribution is -2.13. The van der Waals surface area contributed by atoms with Crippen molar-refractivity contribution >= 4 is 0 Å². The zero-order valence-corrected chi connectivity index (χ0v) is 12.5. The Labute approximate surface area is 114 Å². The molecular weight excluding hydrogens is 224 g/mol. The van der Waals surface area contributed by atoms with E-state index in [9.17, 15) is 10.2 Å². The van der Waals surface area contributed by atoms with Gasteiger partial charge < -0.3 is 10.2 Å². The number of aliphatic hydroxyl groups is 2. The molecule has 2 heteroatoms. The van der Waals surface area contributed by atoms with E-state index in [1.807, 2.05) is 0 Å². The second kappa shape index (κ2) is 13.4. The van der Waals surface area contributed by atoms with Crippen molar-refractivity contribution in [2.45, 2.75) is 103 Å². The molecule has 0 aromatic carbocycles. The summed E-state index contributed by atoms with van der Waals surface area (Å²) in [6.07, 6.45) is 12.8. The zero-order valence-electron chi connectivity index (χ0n) is 12.5. The van der Waals surface area contributed by atoms with Crippen LogP contribution < -0.4 is 0 Å². The van der Waals surface area contributed by atoms with E-state index in [1.165, 1.54) is 32.1 Å². The monoisotopic (exact) mass is 258 g/mol. The third-order valence-corrected chi connectivity index (χ3v) is 3.61. The maximum atomic E-state index is 9.82. The standard InChI is InChI=1S/C16H34O2/c1-3-5-7-8-9-10-12-16(18)14-13-15(17)11-6-4-2/h15-18H,3-14H2,1-2H3. The van der Waals surface area contributed by atoms with E-state index in [-0.39, 0.29) is 12.2 Å². The van der Waals surface area contributed by atoms with Crippen LogP contribution in [0.15, 0.2) is 0 Å². The van der Waals surface area contributed by atoms with Crippen LogP contribution in [0.1, 0.15) is 90.9 Å². The van der Waals surface area contributed by atoms with Crippen molar-refractivity contribution in [3.63, 3.8) is 0 Å². The van der Waals surface area contributed by atoms with E-state index in [2.05, 4.69) is 13.8 Å². The van der Waals surface area contributed by atoms with E-state index in [1.54, 1.807) is 0 Å².